The molecule has 1 nitrogen and oxygen atoms in total. The van der Waals surface area contributed by atoms with Crippen molar-refractivity contribution >= 4 is 5.69 Å². The second kappa shape index (κ2) is 16.4. The average molecular weight is 424 g/mol. The maximum Gasteiger partial charge on any atom is 0.0450 e. The van der Waals surface area contributed by atoms with E-state index >= 15 is 0 Å². The van der Waals surface area contributed by atoms with Gasteiger partial charge in [-0.05, 0) is 56.2 Å². The molecule has 0 fully saturated rings. The van der Waals surface area contributed by atoms with Crippen LogP contribution in [-0.2, 0) is 13.0 Å². The van der Waals surface area contributed by atoms with Gasteiger partial charge in [-0.2, -0.15) is 0 Å². The van der Waals surface area contributed by atoms with Gasteiger partial charge in [0.1, 0.15) is 0 Å². The molecule has 0 atom stereocenters. The molecule has 174 valence electrons. The average Bonchev–Trinajstić information content (AvgIpc) is 2.69. The minimum absolute atomic E-state index is 0. The van der Waals surface area contributed by atoms with Crippen molar-refractivity contribution < 1.29 is 0 Å². The number of nitrogens with zero attached hydrogens (tertiary/aromatic N) is 1. The predicted molar refractivity (Wildman–Crippen MR) is 145 cm³/mol. The molecule has 31 heavy (non-hydrogen) atoms. The molecule has 1 heteroatoms. The van der Waals surface area contributed by atoms with Gasteiger partial charge in [0.25, 0.3) is 0 Å². The Balaban J connectivity index is 0. The SMILES string of the molecule is C.C=CC.C=CC(C)(C)C.CC.Cc1ccc(CCCN2Cc3cc(C)ccc32)cc1. The van der Waals surface area contributed by atoms with E-state index in [1.165, 1.54) is 47.3 Å². The fourth-order valence-electron chi connectivity index (χ4n) is 2.78. The van der Waals surface area contributed by atoms with Gasteiger partial charge < -0.3 is 4.90 Å². The van der Waals surface area contributed by atoms with E-state index in [9.17, 15) is 0 Å². The summed E-state index contributed by atoms with van der Waals surface area (Å²) in [5.41, 5.74) is 7.42. The van der Waals surface area contributed by atoms with Gasteiger partial charge in [-0.3, -0.25) is 0 Å². The number of hydrogen-bond acceptors (Lipinski definition) is 1. The molecule has 0 radical (unpaired) electrons. The number of hydrogen-bond donors (Lipinski definition) is 0. The lowest BCUT2D eigenvalue weighted by atomic mass is 9.98. The minimum atomic E-state index is 0. The molecule has 0 bridgehead atoms. The van der Waals surface area contributed by atoms with Gasteiger partial charge in [-0.15, -0.1) is 13.2 Å². The molecule has 0 unspecified atom stereocenters. The molecular weight excluding hydrogens is 374 g/mol. The lowest BCUT2D eigenvalue weighted by Crippen LogP contribution is -2.33. The van der Waals surface area contributed by atoms with Crippen molar-refractivity contribution in [2.24, 2.45) is 5.41 Å². The summed E-state index contributed by atoms with van der Waals surface area (Å²) in [5.74, 6) is 0. The zero-order valence-electron chi connectivity index (χ0n) is 20.9. The highest BCUT2D eigenvalue weighted by Crippen LogP contribution is 2.33. The summed E-state index contributed by atoms with van der Waals surface area (Å²) in [5, 5.41) is 0. The van der Waals surface area contributed by atoms with Crippen LogP contribution in [0.1, 0.15) is 77.6 Å². The Morgan fingerprint density at radius 2 is 1.42 bits per heavy atom. The molecule has 0 aliphatic carbocycles. The molecule has 0 amide bonds. The maximum atomic E-state index is 3.63. The van der Waals surface area contributed by atoms with E-state index < -0.39 is 0 Å². The molecule has 0 saturated carbocycles. The quantitative estimate of drug-likeness (QED) is 0.443. The van der Waals surface area contributed by atoms with Crippen LogP contribution in [0.15, 0.2) is 67.8 Å². The van der Waals surface area contributed by atoms with Crippen LogP contribution in [-0.4, -0.2) is 6.54 Å². The zero-order chi connectivity index (χ0) is 23.2. The van der Waals surface area contributed by atoms with Crippen molar-refractivity contribution in [2.45, 2.75) is 82.2 Å². The van der Waals surface area contributed by atoms with Crippen LogP contribution in [0.25, 0.3) is 0 Å². The van der Waals surface area contributed by atoms with Gasteiger partial charge in [-0.1, -0.05) is 102 Å². The number of benzene rings is 2. The Morgan fingerprint density at radius 3 is 1.87 bits per heavy atom. The zero-order valence-corrected chi connectivity index (χ0v) is 20.9. The molecular formula is C30H49N. The third-order valence-corrected chi connectivity index (χ3v) is 4.56. The third-order valence-electron chi connectivity index (χ3n) is 4.56. The van der Waals surface area contributed by atoms with E-state index in [1.54, 1.807) is 6.08 Å². The monoisotopic (exact) mass is 423 g/mol. The van der Waals surface area contributed by atoms with E-state index in [4.69, 9.17) is 0 Å². The molecule has 0 saturated heterocycles. The summed E-state index contributed by atoms with van der Waals surface area (Å²) in [4.78, 5) is 2.49. The Morgan fingerprint density at radius 1 is 0.935 bits per heavy atom. The normalized spacial score (nSPS) is 10.8. The molecule has 1 aliphatic heterocycles. The maximum absolute atomic E-state index is 3.63. The van der Waals surface area contributed by atoms with Gasteiger partial charge in [0.05, 0.1) is 0 Å². The number of anilines is 1. The smallest absolute Gasteiger partial charge is 0.0450 e. The van der Waals surface area contributed by atoms with Crippen LogP contribution in [0.4, 0.5) is 5.69 Å². The minimum Gasteiger partial charge on any atom is -0.367 e. The lowest BCUT2D eigenvalue weighted by molar-refractivity contribution is 0.546. The van der Waals surface area contributed by atoms with Crippen molar-refractivity contribution in [3.8, 4) is 0 Å². The fourth-order valence-corrected chi connectivity index (χ4v) is 2.78. The van der Waals surface area contributed by atoms with Crippen molar-refractivity contribution in [2.75, 3.05) is 11.4 Å². The standard InChI is InChI=1S/C18H21N.C6H12.C3H6.C2H6.CH4/c1-14-5-8-16(9-6-14)4-3-11-19-13-17-12-15(2)7-10-18(17)19;1-5-6(2,3)4;1-3-2;1-2;/h5-10,12H,3-4,11,13H2,1-2H3;5H,1H2,2-4H3;3H,1H2,2H3;1-2H3;1H4. The second-order valence-electron chi connectivity index (χ2n) is 8.62. The highest BCUT2D eigenvalue weighted by molar-refractivity contribution is 5.63. The van der Waals surface area contributed by atoms with Crippen LogP contribution in [0.2, 0.25) is 0 Å². The summed E-state index contributed by atoms with van der Waals surface area (Å²) in [7, 11) is 0. The number of fused-ring (bicyclic) bond motifs is 1. The van der Waals surface area contributed by atoms with Crippen LogP contribution in [0, 0.1) is 19.3 Å². The topological polar surface area (TPSA) is 3.24 Å². The Labute approximate surface area is 194 Å². The highest BCUT2D eigenvalue weighted by Gasteiger charge is 2.21. The van der Waals surface area contributed by atoms with Crippen molar-refractivity contribution in [1.29, 1.82) is 0 Å². The predicted octanol–water partition coefficient (Wildman–Crippen LogP) is 9.33. The van der Waals surface area contributed by atoms with Crippen LogP contribution < -0.4 is 4.90 Å². The molecule has 0 aromatic heterocycles. The van der Waals surface area contributed by atoms with E-state index in [-0.39, 0.29) is 7.43 Å². The van der Waals surface area contributed by atoms with Gasteiger partial charge >= 0.3 is 0 Å². The molecule has 1 aliphatic rings. The summed E-state index contributed by atoms with van der Waals surface area (Å²) >= 11 is 0. The summed E-state index contributed by atoms with van der Waals surface area (Å²) < 4.78 is 0. The largest absolute Gasteiger partial charge is 0.367 e. The van der Waals surface area contributed by atoms with Crippen molar-refractivity contribution in [1.82, 2.24) is 0 Å². The van der Waals surface area contributed by atoms with Gasteiger partial charge in [0.15, 0.2) is 0 Å². The second-order valence-corrected chi connectivity index (χ2v) is 8.62. The summed E-state index contributed by atoms with van der Waals surface area (Å²) in [6, 6.07) is 15.7. The van der Waals surface area contributed by atoms with Crippen molar-refractivity contribution in [3.63, 3.8) is 0 Å². The third kappa shape index (κ3) is 12.9. The molecule has 3 rings (SSSR count). The number of aryl methyl sites for hydroxylation is 3. The Kier molecular flexibility index (Phi) is 16.4. The lowest BCUT2D eigenvalue weighted by Gasteiger charge is -2.36. The Hall–Kier alpha value is -2.28. The first kappa shape index (κ1) is 30.9. The molecule has 2 aromatic carbocycles. The number of allylic oxidation sites excluding steroid dienone is 2. The number of rotatable bonds is 4. The van der Waals surface area contributed by atoms with E-state index in [1.807, 2.05) is 26.8 Å². The van der Waals surface area contributed by atoms with E-state index in [0.29, 0.717) is 5.41 Å². The van der Waals surface area contributed by atoms with E-state index in [0.717, 1.165) is 6.54 Å². The Bertz CT molecular complexity index is 732. The van der Waals surface area contributed by atoms with Gasteiger partial charge in [0.2, 0.25) is 0 Å². The fraction of sp³-hybridized carbons (Fsp3) is 0.467. The summed E-state index contributed by atoms with van der Waals surface area (Å²) in [6.45, 7) is 25.9. The first-order chi connectivity index (χ1) is 14.2. The van der Waals surface area contributed by atoms with E-state index in [2.05, 4.69) is 95.1 Å². The molecule has 1 heterocycles. The van der Waals surface area contributed by atoms with Crippen LogP contribution in [0.5, 0.6) is 0 Å². The van der Waals surface area contributed by atoms with Crippen LogP contribution >= 0.6 is 0 Å². The van der Waals surface area contributed by atoms with Gasteiger partial charge in [0, 0.05) is 18.8 Å². The first-order valence-electron chi connectivity index (χ1n) is 11.3. The first-order valence-corrected chi connectivity index (χ1v) is 11.3. The van der Waals surface area contributed by atoms with Gasteiger partial charge in [-0.25, -0.2) is 0 Å². The van der Waals surface area contributed by atoms with Crippen molar-refractivity contribution in [3.05, 3.63) is 90.0 Å². The highest BCUT2D eigenvalue weighted by atomic mass is 15.2. The molecule has 0 spiro atoms. The van der Waals surface area contributed by atoms with Crippen LogP contribution in [0.3, 0.4) is 0 Å². The molecule has 0 N–H and O–H groups in total. The summed E-state index contributed by atoms with van der Waals surface area (Å²) in [6.07, 6.45) is 6.10. The molecule has 2 aromatic rings.